The van der Waals surface area contributed by atoms with Crippen LogP contribution in [0.4, 0.5) is 0 Å². The van der Waals surface area contributed by atoms with Crippen molar-refractivity contribution < 1.29 is 61.3 Å². The Bertz CT molecular complexity index is 436. The van der Waals surface area contributed by atoms with Gasteiger partial charge in [-0.3, -0.25) is 4.79 Å². The van der Waals surface area contributed by atoms with E-state index in [9.17, 15) is 9.90 Å². The standard InChI is InChI=1S/C18H26O2.K/c1-3-4-5-15-12-17(19)8-7-16-11-14(10-13(15)2)6-9-18(16)20;/h3,11-15,19H,1,4-10H2,2H3;/q;+1/p-1/b17-12+;/t13-,14+,15-;/m0./s1. The Balaban J connectivity index is 0.00000220. The van der Waals surface area contributed by atoms with Crippen molar-refractivity contribution in [2.24, 2.45) is 17.8 Å². The van der Waals surface area contributed by atoms with E-state index in [0.717, 1.165) is 31.3 Å². The summed E-state index contributed by atoms with van der Waals surface area (Å²) < 4.78 is 0. The van der Waals surface area contributed by atoms with E-state index in [-0.39, 0.29) is 62.9 Å². The van der Waals surface area contributed by atoms with Crippen LogP contribution in [0, 0.1) is 17.8 Å². The molecule has 0 heterocycles. The van der Waals surface area contributed by atoms with Gasteiger partial charge in [-0.25, -0.2) is 0 Å². The summed E-state index contributed by atoms with van der Waals surface area (Å²) in [7, 11) is 0. The maximum atomic E-state index is 12.1. The molecule has 0 aromatic rings. The fraction of sp³-hybridized carbons (Fsp3) is 0.611. The van der Waals surface area contributed by atoms with Gasteiger partial charge < -0.3 is 5.11 Å². The molecule has 2 aliphatic carbocycles. The van der Waals surface area contributed by atoms with Crippen molar-refractivity contribution in [3.8, 4) is 0 Å². The number of rotatable bonds is 3. The molecule has 2 rings (SSSR count). The summed E-state index contributed by atoms with van der Waals surface area (Å²) in [5.74, 6) is 1.82. The van der Waals surface area contributed by atoms with Crippen LogP contribution in [0.2, 0.25) is 0 Å². The van der Waals surface area contributed by atoms with Gasteiger partial charge in [-0.15, -0.1) is 12.3 Å². The molecule has 0 aromatic carbocycles. The Hall–Kier alpha value is 0.326. The average molecular weight is 312 g/mol. The third kappa shape index (κ3) is 5.79. The number of hydrogen-bond acceptors (Lipinski definition) is 2. The smallest absolute Gasteiger partial charge is 0.876 e. The summed E-state index contributed by atoms with van der Waals surface area (Å²) in [5.41, 5.74) is 0.903. The van der Waals surface area contributed by atoms with Crippen LogP contribution in [0.3, 0.4) is 0 Å². The molecule has 21 heavy (non-hydrogen) atoms. The molecule has 0 radical (unpaired) electrons. The fourth-order valence-corrected chi connectivity index (χ4v) is 3.42. The van der Waals surface area contributed by atoms with E-state index >= 15 is 0 Å². The molecule has 2 aliphatic rings. The van der Waals surface area contributed by atoms with Crippen LogP contribution in [-0.2, 0) is 4.79 Å². The summed E-state index contributed by atoms with van der Waals surface area (Å²) in [5, 5.41) is 12.1. The first-order valence-corrected chi connectivity index (χ1v) is 7.82. The van der Waals surface area contributed by atoms with Crippen molar-refractivity contribution in [2.45, 2.75) is 51.9 Å². The third-order valence-electron chi connectivity index (χ3n) is 4.69. The number of hydrogen-bond donors (Lipinski definition) is 0. The van der Waals surface area contributed by atoms with Gasteiger partial charge >= 0.3 is 51.4 Å². The van der Waals surface area contributed by atoms with Crippen LogP contribution in [0.15, 0.2) is 36.1 Å². The molecule has 0 N–H and O–H groups in total. The second kappa shape index (κ2) is 9.46. The molecular formula is C18H25KO2. The van der Waals surface area contributed by atoms with Gasteiger partial charge in [0.15, 0.2) is 5.78 Å². The summed E-state index contributed by atoms with van der Waals surface area (Å²) in [6, 6.07) is 0. The summed E-state index contributed by atoms with van der Waals surface area (Å²) in [6.45, 7) is 6.02. The van der Waals surface area contributed by atoms with Crippen LogP contribution in [0.5, 0.6) is 0 Å². The number of fused-ring (bicyclic) bond motifs is 1. The quantitative estimate of drug-likeness (QED) is 0.564. The topological polar surface area (TPSA) is 40.1 Å². The van der Waals surface area contributed by atoms with Crippen molar-refractivity contribution in [1.82, 2.24) is 0 Å². The van der Waals surface area contributed by atoms with E-state index in [1.54, 1.807) is 0 Å². The molecule has 0 aliphatic heterocycles. The molecule has 2 bridgehead atoms. The molecule has 0 unspecified atom stereocenters. The molecule has 3 heteroatoms. The van der Waals surface area contributed by atoms with E-state index in [1.165, 1.54) is 0 Å². The molecule has 0 saturated heterocycles. The van der Waals surface area contributed by atoms with E-state index in [0.29, 0.717) is 37.0 Å². The first-order chi connectivity index (χ1) is 9.60. The van der Waals surface area contributed by atoms with Crippen LogP contribution in [0.1, 0.15) is 51.9 Å². The second-order valence-electron chi connectivity index (χ2n) is 6.29. The number of carbonyl (C=O) groups excluding carboxylic acids is 1. The zero-order chi connectivity index (χ0) is 14.5. The number of ketones is 1. The summed E-state index contributed by atoms with van der Waals surface area (Å²) in [6.07, 6.45) is 11.8. The fourth-order valence-electron chi connectivity index (χ4n) is 3.42. The van der Waals surface area contributed by atoms with Gasteiger partial charge in [0, 0.05) is 6.42 Å². The molecule has 3 atom stereocenters. The second-order valence-corrected chi connectivity index (χ2v) is 6.29. The number of allylic oxidation sites excluding steroid dienone is 5. The maximum Gasteiger partial charge on any atom is 1.00 e. The summed E-state index contributed by atoms with van der Waals surface area (Å²) in [4.78, 5) is 11.9. The predicted octanol–water partition coefficient (Wildman–Crippen LogP) is 0.543. The Morgan fingerprint density at radius 1 is 1.33 bits per heavy atom. The zero-order valence-corrected chi connectivity index (χ0v) is 16.6. The minimum atomic E-state index is 0. The van der Waals surface area contributed by atoms with E-state index in [4.69, 9.17) is 0 Å². The molecule has 0 saturated carbocycles. The normalized spacial score (nSPS) is 32.2. The number of Topliss-reactive ketones (excluding diaryl/α,β-unsaturated/α-hetero) is 1. The van der Waals surface area contributed by atoms with Crippen LogP contribution in [-0.4, -0.2) is 5.78 Å². The van der Waals surface area contributed by atoms with Crippen LogP contribution >= 0.6 is 0 Å². The first kappa shape index (κ1) is 19.4. The SMILES string of the molecule is C=CCC[C@H]1/C=C(/[O-])CCC2=C[C@H](CCC2=O)C[C@@H]1C.[K+]. The Morgan fingerprint density at radius 2 is 2.10 bits per heavy atom. The molecule has 2 nitrogen and oxygen atoms in total. The monoisotopic (exact) mass is 312 g/mol. The average Bonchev–Trinajstić information content (AvgIpc) is 2.43. The molecule has 0 fully saturated rings. The Labute approximate surface area is 171 Å². The molecule has 0 amide bonds. The summed E-state index contributed by atoms with van der Waals surface area (Å²) >= 11 is 0. The maximum absolute atomic E-state index is 12.1. The third-order valence-corrected chi connectivity index (χ3v) is 4.69. The van der Waals surface area contributed by atoms with Gasteiger partial charge in [-0.1, -0.05) is 25.2 Å². The Morgan fingerprint density at radius 3 is 2.81 bits per heavy atom. The molecular weight excluding hydrogens is 287 g/mol. The van der Waals surface area contributed by atoms with Gasteiger partial charge in [-0.05, 0) is 61.9 Å². The minimum absolute atomic E-state index is 0. The largest absolute Gasteiger partial charge is 1.00 e. The van der Waals surface area contributed by atoms with E-state index in [2.05, 4.69) is 19.6 Å². The predicted molar refractivity (Wildman–Crippen MR) is 79.8 cm³/mol. The molecule has 110 valence electrons. The van der Waals surface area contributed by atoms with Gasteiger partial charge in [0.05, 0.1) is 0 Å². The van der Waals surface area contributed by atoms with E-state index < -0.39 is 0 Å². The van der Waals surface area contributed by atoms with Gasteiger partial charge in [0.1, 0.15) is 0 Å². The van der Waals surface area contributed by atoms with Crippen molar-refractivity contribution in [1.29, 1.82) is 0 Å². The number of carbonyl (C=O) groups is 1. The van der Waals surface area contributed by atoms with Crippen molar-refractivity contribution in [3.63, 3.8) is 0 Å². The van der Waals surface area contributed by atoms with Crippen molar-refractivity contribution >= 4 is 5.78 Å². The van der Waals surface area contributed by atoms with E-state index in [1.807, 2.05) is 12.2 Å². The van der Waals surface area contributed by atoms with Crippen LogP contribution in [0.25, 0.3) is 0 Å². The van der Waals surface area contributed by atoms with Gasteiger partial charge in [0.2, 0.25) is 0 Å². The van der Waals surface area contributed by atoms with Crippen LogP contribution < -0.4 is 56.5 Å². The van der Waals surface area contributed by atoms with Gasteiger partial charge in [0.25, 0.3) is 0 Å². The minimum Gasteiger partial charge on any atom is -0.876 e. The molecule has 0 aromatic heterocycles. The first-order valence-electron chi connectivity index (χ1n) is 7.82. The van der Waals surface area contributed by atoms with Crippen molar-refractivity contribution in [3.05, 3.63) is 36.1 Å². The van der Waals surface area contributed by atoms with Crippen molar-refractivity contribution in [2.75, 3.05) is 0 Å². The Kier molecular flexibility index (Phi) is 8.73. The molecule has 0 spiro atoms. The van der Waals surface area contributed by atoms with Gasteiger partial charge in [-0.2, -0.15) is 0 Å². The zero-order valence-electron chi connectivity index (χ0n) is 13.4.